The van der Waals surface area contributed by atoms with E-state index < -0.39 is 12.1 Å². The van der Waals surface area contributed by atoms with Crippen molar-refractivity contribution < 1.29 is 28.2 Å². The topological polar surface area (TPSA) is 75.0 Å². The molecule has 0 amide bonds. The number of carbonyl (C=O) groups excluding carboxylic acids is 2. The molecular weight excluding hydrogens is 312 g/mol. The number of esters is 1. The second kappa shape index (κ2) is 6.23. The van der Waals surface area contributed by atoms with Crippen LogP contribution in [-0.4, -0.2) is 25.0 Å². The Morgan fingerprint density at radius 1 is 1.25 bits per heavy atom. The highest BCUT2D eigenvalue weighted by atomic mass is 16.6. The van der Waals surface area contributed by atoms with Gasteiger partial charge in [0.1, 0.15) is 23.0 Å². The molecule has 1 aromatic carbocycles. The summed E-state index contributed by atoms with van der Waals surface area (Å²) in [5.74, 6) is 1.54. The molecule has 1 aliphatic heterocycles. The van der Waals surface area contributed by atoms with Crippen molar-refractivity contribution in [3.63, 3.8) is 0 Å². The van der Waals surface area contributed by atoms with Crippen molar-refractivity contribution in [2.24, 2.45) is 0 Å². The fourth-order valence-corrected chi connectivity index (χ4v) is 2.32. The van der Waals surface area contributed by atoms with Crippen molar-refractivity contribution in [2.45, 2.75) is 20.0 Å². The maximum absolute atomic E-state index is 12.3. The number of furan rings is 1. The summed E-state index contributed by atoms with van der Waals surface area (Å²) in [6, 6.07) is 8.35. The SMILES string of the molecule is COC(=O)[C@H](C)Oc1ccc2c(c1)O/C(=C\c1ccc(C)o1)C2=O. The standard InChI is InChI=1S/C18H16O6/c1-10-4-5-12(22-10)9-16-17(19)14-7-6-13(8-15(14)24-16)23-11(2)18(20)21-3/h4-9,11H,1-3H3/b16-9-/t11-/m0/s1. The molecule has 2 aromatic rings. The maximum Gasteiger partial charge on any atom is 0.346 e. The van der Waals surface area contributed by atoms with E-state index in [9.17, 15) is 9.59 Å². The zero-order chi connectivity index (χ0) is 17.3. The van der Waals surface area contributed by atoms with Crippen molar-refractivity contribution >= 4 is 17.8 Å². The van der Waals surface area contributed by atoms with Gasteiger partial charge in [-0.2, -0.15) is 0 Å². The first-order valence-electron chi connectivity index (χ1n) is 7.37. The molecule has 0 spiro atoms. The Bertz CT molecular complexity index is 830. The lowest BCUT2D eigenvalue weighted by molar-refractivity contribution is -0.147. The van der Waals surface area contributed by atoms with Crippen LogP contribution in [0.5, 0.6) is 11.5 Å². The number of hydrogen-bond donors (Lipinski definition) is 0. The summed E-state index contributed by atoms with van der Waals surface area (Å²) in [5.41, 5.74) is 0.433. The lowest BCUT2D eigenvalue weighted by Crippen LogP contribution is -2.24. The minimum Gasteiger partial charge on any atom is -0.479 e. The van der Waals surface area contributed by atoms with E-state index in [1.54, 1.807) is 43.3 Å². The molecule has 1 atom stereocenters. The molecule has 0 saturated carbocycles. The van der Waals surface area contributed by atoms with E-state index in [0.29, 0.717) is 22.8 Å². The van der Waals surface area contributed by atoms with Crippen LogP contribution in [0.2, 0.25) is 0 Å². The van der Waals surface area contributed by atoms with E-state index in [-0.39, 0.29) is 11.5 Å². The predicted octanol–water partition coefficient (Wildman–Crippen LogP) is 3.14. The van der Waals surface area contributed by atoms with Crippen molar-refractivity contribution in [1.29, 1.82) is 0 Å². The van der Waals surface area contributed by atoms with Crippen LogP contribution in [0.25, 0.3) is 6.08 Å². The van der Waals surface area contributed by atoms with Gasteiger partial charge >= 0.3 is 5.97 Å². The third kappa shape index (κ3) is 3.03. The Labute approximate surface area is 138 Å². The summed E-state index contributed by atoms with van der Waals surface area (Å²) in [6.45, 7) is 3.40. The predicted molar refractivity (Wildman–Crippen MR) is 84.9 cm³/mol. The Morgan fingerprint density at radius 2 is 2.04 bits per heavy atom. The molecule has 0 aliphatic carbocycles. The second-order valence-corrected chi connectivity index (χ2v) is 5.33. The third-order valence-electron chi connectivity index (χ3n) is 3.52. The van der Waals surface area contributed by atoms with Gasteiger partial charge in [0.2, 0.25) is 5.78 Å². The second-order valence-electron chi connectivity index (χ2n) is 5.33. The molecule has 3 rings (SSSR count). The normalized spacial score (nSPS) is 15.8. The first kappa shape index (κ1) is 15.9. The van der Waals surface area contributed by atoms with Gasteiger partial charge in [-0.25, -0.2) is 4.79 Å². The molecule has 0 fully saturated rings. The molecule has 0 bridgehead atoms. The van der Waals surface area contributed by atoms with Gasteiger partial charge in [-0.3, -0.25) is 4.79 Å². The first-order chi connectivity index (χ1) is 11.5. The fraction of sp³-hybridized carbons (Fsp3) is 0.222. The molecule has 6 heteroatoms. The van der Waals surface area contributed by atoms with Crippen LogP contribution in [0, 0.1) is 6.92 Å². The number of benzene rings is 1. The Kier molecular flexibility index (Phi) is 4.12. The molecule has 0 saturated heterocycles. The van der Waals surface area contributed by atoms with Gasteiger partial charge < -0.3 is 18.6 Å². The molecule has 124 valence electrons. The number of allylic oxidation sites excluding steroid dienone is 1. The van der Waals surface area contributed by atoms with Crippen LogP contribution in [0.1, 0.15) is 28.8 Å². The molecular formula is C18H16O6. The average Bonchev–Trinajstić information content (AvgIpc) is 3.10. The van der Waals surface area contributed by atoms with Crippen molar-refractivity contribution in [3.8, 4) is 11.5 Å². The summed E-state index contributed by atoms with van der Waals surface area (Å²) in [4.78, 5) is 23.8. The largest absolute Gasteiger partial charge is 0.479 e. The maximum atomic E-state index is 12.3. The van der Waals surface area contributed by atoms with Gasteiger partial charge in [0.05, 0.1) is 12.7 Å². The highest BCUT2D eigenvalue weighted by molar-refractivity contribution is 6.14. The molecule has 2 heterocycles. The van der Waals surface area contributed by atoms with Crippen molar-refractivity contribution in [2.75, 3.05) is 7.11 Å². The van der Waals surface area contributed by atoms with Crippen molar-refractivity contribution in [3.05, 3.63) is 53.2 Å². The number of ether oxygens (including phenoxy) is 3. The summed E-state index contributed by atoms with van der Waals surface area (Å²) < 4.78 is 21.1. The number of hydrogen-bond acceptors (Lipinski definition) is 6. The van der Waals surface area contributed by atoms with Crippen LogP contribution >= 0.6 is 0 Å². The molecule has 0 unspecified atom stereocenters. The fourth-order valence-electron chi connectivity index (χ4n) is 2.32. The van der Waals surface area contributed by atoms with E-state index in [0.717, 1.165) is 5.76 Å². The quantitative estimate of drug-likeness (QED) is 0.634. The third-order valence-corrected chi connectivity index (χ3v) is 3.52. The summed E-state index contributed by atoms with van der Waals surface area (Å²) in [7, 11) is 1.29. The van der Waals surface area contributed by atoms with Crippen LogP contribution < -0.4 is 9.47 Å². The molecule has 6 nitrogen and oxygen atoms in total. The van der Waals surface area contributed by atoms with Gasteiger partial charge in [0.25, 0.3) is 0 Å². The number of Topliss-reactive ketones (excluding diaryl/α,β-unsaturated/α-hetero) is 1. The Hall–Kier alpha value is -3.02. The minimum atomic E-state index is -0.758. The number of carbonyl (C=O) groups is 2. The molecule has 0 radical (unpaired) electrons. The molecule has 1 aromatic heterocycles. The highest BCUT2D eigenvalue weighted by Gasteiger charge is 2.28. The van der Waals surface area contributed by atoms with E-state index >= 15 is 0 Å². The minimum absolute atomic E-state index is 0.178. The Balaban J connectivity index is 1.81. The van der Waals surface area contributed by atoms with Crippen LogP contribution in [0.15, 0.2) is 40.5 Å². The molecule has 24 heavy (non-hydrogen) atoms. The monoisotopic (exact) mass is 328 g/mol. The summed E-state index contributed by atoms with van der Waals surface area (Å²) >= 11 is 0. The van der Waals surface area contributed by atoms with Crippen LogP contribution in [0.4, 0.5) is 0 Å². The number of rotatable bonds is 4. The summed E-state index contributed by atoms with van der Waals surface area (Å²) in [6.07, 6.45) is 0.790. The smallest absolute Gasteiger partial charge is 0.346 e. The summed E-state index contributed by atoms with van der Waals surface area (Å²) in [5, 5.41) is 0. The highest BCUT2D eigenvalue weighted by Crippen LogP contribution is 2.35. The van der Waals surface area contributed by atoms with Gasteiger partial charge in [-0.15, -0.1) is 0 Å². The van der Waals surface area contributed by atoms with E-state index in [1.165, 1.54) is 7.11 Å². The lowest BCUT2D eigenvalue weighted by atomic mass is 10.1. The van der Waals surface area contributed by atoms with Gasteiger partial charge in [-0.05, 0) is 38.1 Å². The van der Waals surface area contributed by atoms with E-state index in [2.05, 4.69) is 4.74 Å². The first-order valence-corrected chi connectivity index (χ1v) is 7.37. The van der Waals surface area contributed by atoms with Crippen molar-refractivity contribution in [1.82, 2.24) is 0 Å². The zero-order valence-corrected chi connectivity index (χ0v) is 13.5. The van der Waals surface area contributed by atoms with E-state index in [1.807, 2.05) is 6.92 Å². The van der Waals surface area contributed by atoms with Gasteiger partial charge in [-0.1, -0.05) is 0 Å². The molecule has 0 N–H and O–H groups in total. The zero-order valence-electron chi connectivity index (χ0n) is 13.5. The molecule has 1 aliphatic rings. The number of fused-ring (bicyclic) bond motifs is 1. The lowest BCUT2D eigenvalue weighted by Gasteiger charge is -2.12. The van der Waals surface area contributed by atoms with Gasteiger partial charge in [0.15, 0.2) is 11.9 Å². The van der Waals surface area contributed by atoms with Crippen LogP contribution in [0.3, 0.4) is 0 Å². The van der Waals surface area contributed by atoms with Gasteiger partial charge in [0, 0.05) is 12.1 Å². The number of methoxy groups -OCH3 is 1. The number of ketones is 1. The Morgan fingerprint density at radius 3 is 2.71 bits per heavy atom. The van der Waals surface area contributed by atoms with E-state index in [4.69, 9.17) is 13.9 Å². The number of aryl methyl sites for hydroxylation is 1. The average molecular weight is 328 g/mol. The van der Waals surface area contributed by atoms with Crippen LogP contribution in [-0.2, 0) is 9.53 Å².